The van der Waals surface area contributed by atoms with Gasteiger partial charge in [0.15, 0.2) is 0 Å². The van der Waals surface area contributed by atoms with E-state index in [4.69, 9.17) is 4.74 Å². The summed E-state index contributed by atoms with van der Waals surface area (Å²) in [7, 11) is 0. The van der Waals surface area contributed by atoms with Crippen molar-refractivity contribution >= 4 is 12.0 Å². The lowest BCUT2D eigenvalue weighted by Gasteiger charge is -2.38. The van der Waals surface area contributed by atoms with Gasteiger partial charge in [-0.2, -0.15) is 0 Å². The zero-order chi connectivity index (χ0) is 19.0. The summed E-state index contributed by atoms with van der Waals surface area (Å²) < 4.78 is 5.56. The largest absolute Gasteiger partial charge is 0.444 e. The molecule has 0 saturated carbocycles. The molecule has 6 nitrogen and oxygen atoms in total. The van der Waals surface area contributed by atoms with Crippen LogP contribution in [0.2, 0.25) is 0 Å². The quantitative estimate of drug-likeness (QED) is 0.689. The molecule has 0 aromatic carbocycles. The van der Waals surface area contributed by atoms with Crippen molar-refractivity contribution in [2.45, 2.75) is 84.9 Å². The van der Waals surface area contributed by atoms with Crippen molar-refractivity contribution in [2.75, 3.05) is 19.6 Å². The highest BCUT2D eigenvalue weighted by atomic mass is 16.6. The molecule has 2 atom stereocenters. The molecule has 0 radical (unpaired) electrons. The fourth-order valence-corrected chi connectivity index (χ4v) is 3.01. The second-order valence-corrected chi connectivity index (χ2v) is 8.36. The number of piperidine rings is 1. The highest BCUT2D eigenvalue weighted by Gasteiger charge is 2.31. The van der Waals surface area contributed by atoms with Crippen LogP contribution in [0, 0.1) is 5.92 Å². The number of amides is 2. The van der Waals surface area contributed by atoms with E-state index in [1.54, 1.807) is 0 Å². The van der Waals surface area contributed by atoms with Crippen LogP contribution in [0.4, 0.5) is 4.79 Å². The molecular formula is C19H37N3O3. The Morgan fingerprint density at radius 2 is 1.84 bits per heavy atom. The van der Waals surface area contributed by atoms with Crippen LogP contribution in [0.1, 0.15) is 67.2 Å². The van der Waals surface area contributed by atoms with Gasteiger partial charge in [0.05, 0.1) is 0 Å². The third kappa shape index (κ3) is 8.56. The van der Waals surface area contributed by atoms with Gasteiger partial charge in [0.2, 0.25) is 5.91 Å². The summed E-state index contributed by atoms with van der Waals surface area (Å²) in [5, 5.41) is 6.35. The van der Waals surface area contributed by atoms with E-state index in [0.29, 0.717) is 6.54 Å². The molecule has 0 aromatic rings. The molecule has 1 aliphatic heterocycles. The molecule has 0 aromatic heterocycles. The molecule has 2 unspecified atom stereocenters. The Hall–Kier alpha value is -1.30. The summed E-state index contributed by atoms with van der Waals surface area (Å²) >= 11 is 0. The fraction of sp³-hybridized carbons (Fsp3) is 0.895. The first kappa shape index (κ1) is 21.7. The minimum Gasteiger partial charge on any atom is -0.444 e. The Balaban J connectivity index is 2.40. The minimum atomic E-state index is -0.461. The van der Waals surface area contributed by atoms with Crippen molar-refractivity contribution < 1.29 is 14.3 Å². The molecule has 2 amide bonds. The van der Waals surface area contributed by atoms with Crippen molar-refractivity contribution in [1.29, 1.82) is 0 Å². The molecule has 25 heavy (non-hydrogen) atoms. The van der Waals surface area contributed by atoms with E-state index in [2.05, 4.69) is 17.6 Å². The van der Waals surface area contributed by atoms with E-state index in [9.17, 15) is 9.59 Å². The van der Waals surface area contributed by atoms with Crippen LogP contribution in [0.5, 0.6) is 0 Å². The van der Waals surface area contributed by atoms with Crippen LogP contribution < -0.4 is 10.6 Å². The number of carbonyl (C=O) groups is 2. The number of rotatable bonds is 7. The summed E-state index contributed by atoms with van der Waals surface area (Å²) in [6.07, 6.45) is 3.92. The predicted molar refractivity (Wildman–Crippen MR) is 101 cm³/mol. The Bertz CT molecular complexity index is 432. The fourth-order valence-electron chi connectivity index (χ4n) is 3.01. The van der Waals surface area contributed by atoms with E-state index in [1.807, 2.05) is 39.5 Å². The first-order chi connectivity index (χ1) is 11.6. The van der Waals surface area contributed by atoms with Gasteiger partial charge in [-0.05, 0) is 53.4 Å². The molecule has 1 fully saturated rings. The highest BCUT2D eigenvalue weighted by Crippen LogP contribution is 2.23. The summed E-state index contributed by atoms with van der Waals surface area (Å²) in [5.74, 6) is 0.0971. The number of likely N-dealkylation sites (tertiary alicyclic amines) is 1. The van der Waals surface area contributed by atoms with Crippen molar-refractivity contribution in [3.05, 3.63) is 0 Å². The maximum atomic E-state index is 12.4. The van der Waals surface area contributed by atoms with Gasteiger partial charge in [0.25, 0.3) is 0 Å². The second-order valence-electron chi connectivity index (χ2n) is 8.36. The number of nitrogens with zero attached hydrogens (tertiary/aromatic N) is 1. The molecule has 0 spiro atoms. The molecule has 1 saturated heterocycles. The molecule has 6 heteroatoms. The van der Waals surface area contributed by atoms with Crippen LogP contribution in [0.15, 0.2) is 0 Å². The van der Waals surface area contributed by atoms with Crippen LogP contribution in [-0.4, -0.2) is 54.2 Å². The molecule has 146 valence electrons. The summed E-state index contributed by atoms with van der Waals surface area (Å²) in [4.78, 5) is 25.9. The Morgan fingerprint density at radius 1 is 1.16 bits per heavy atom. The summed E-state index contributed by atoms with van der Waals surface area (Å²) in [6, 6.07) is 0.500. The first-order valence-electron chi connectivity index (χ1n) is 9.61. The number of ether oxygens (including phenoxy) is 1. The van der Waals surface area contributed by atoms with Crippen molar-refractivity contribution in [1.82, 2.24) is 15.5 Å². The highest BCUT2D eigenvalue weighted by molar-refractivity contribution is 5.77. The number of nitrogens with one attached hydrogen (secondary N) is 2. The Morgan fingerprint density at radius 3 is 2.44 bits per heavy atom. The Labute approximate surface area is 153 Å². The topological polar surface area (TPSA) is 70.7 Å². The predicted octanol–water partition coefficient (Wildman–Crippen LogP) is 2.92. The SMILES string of the molecule is CC(CC1CCCCN1C(=O)OC(C)(C)C)NCCNC(=O)C(C)C. The van der Waals surface area contributed by atoms with Gasteiger partial charge in [-0.15, -0.1) is 0 Å². The molecule has 1 heterocycles. The van der Waals surface area contributed by atoms with Gasteiger partial charge in [-0.3, -0.25) is 4.79 Å². The van der Waals surface area contributed by atoms with E-state index >= 15 is 0 Å². The van der Waals surface area contributed by atoms with Gasteiger partial charge >= 0.3 is 6.09 Å². The van der Waals surface area contributed by atoms with E-state index < -0.39 is 5.60 Å². The molecule has 0 aliphatic carbocycles. The number of carbonyl (C=O) groups excluding carboxylic acids is 2. The normalized spacial score (nSPS) is 19.6. The van der Waals surface area contributed by atoms with Crippen LogP contribution in [0.25, 0.3) is 0 Å². The lowest BCUT2D eigenvalue weighted by Crippen LogP contribution is -2.48. The van der Waals surface area contributed by atoms with Crippen LogP contribution in [0.3, 0.4) is 0 Å². The number of hydrogen-bond donors (Lipinski definition) is 2. The van der Waals surface area contributed by atoms with Crippen LogP contribution >= 0.6 is 0 Å². The van der Waals surface area contributed by atoms with Gasteiger partial charge in [0.1, 0.15) is 5.60 Å². The van der Waals surface area contributed by atoms with E-state index in [0.717, 1.165) is 38.8 Å². The third-order valence-electron chi connectivity index (χ3n) is 4.32. The standard InChI is InChI=1S/C19H37N3O3/c1-14(2)17(23)21-11-10-20-15(3)13-16-9-7-8-12-22(16)18(24)25-19(4,5)6/h14-16,20H,7-13H2,1-6H3,(H,21,23). The average Bonchev–Trinajstić information content (AvgIpc) is 2.50. The van der Waals surface area contributed by atoms with Gasteiger partial charge in [-0.25, -0.2) is 4.79 Å². The van der Waals surface area contributed by atoms with Crippen molar-refractivity contribution in [2.24, 2.45) is 5.92 Å². The first-order valence-corrected chi connectivity index (χ1v) is 9.61. The summed E-state index contributed by atoms with van der Waals surface area (Å²) in [6.45, 7) is 13.8. The molecule has 0 bridgehead atoms. The molecule has 2 N–H and O–H groups in total. The van der Waals surface area contributed by atoms with E-state index in [-0.39, 0.29) is 30.0 Å². The monoisotopic (exact) mass is 355 g/mol. The van der Waals surface area contributed by atoms with E-state index in [1.165, 1.54) is 0 Å². The van der Waals surface area contributed by atoms with Crippen LogP contribution in [-0.2, 0) is 9.53 Å². The zero-order valence-corrected chi connectivity index (χ0v) is 16.9. The summed E-state index contributed by atoms with van der Waals surface area (Å²) in [5.41, 5.74) is -0.461. The maximum absolute atomic E-state index is 12.4. The second kappa shape index (κ2) is 10.00. The Kier molecular flexibility index (Phi) is 8.69. The van der Waals surface area contributed by atoms with Gasteiger partial charge in [-0.1, -0.05) is 13.8 Å². The molecular weight excluding hydrogens is 318 g/mol. The van der Waals surface area contributed by atoms with Gasteiger partial charge in [0, 0.05) is 37.6 Å². The average molecular weight is 356 g/mol. The number of hydrogen-bond acceptors (Lipinski definition) is 4. The molecule has 1 aliphatic rings. The maximum Gasteiger partial charge on any atom is 0.410 e. The minimum absolute atomic E-state index is 0.0158. The van der Waals surface area contributed by atoms with Gasteiger partial charge < -0.3 is 20.3 Å². The smallest absolute Gasteiger partial charge is 0.410 e. The van der Waals surface area contributed by atoms with Crippen molar-refractivity contribution in [3.63, 3.8) is 0 Å². The van der Waals surface area contributed by atoms with Crippen molar-refractivity contribution in [3.8, 4) is 0 Å². The lowest BCUT2D eigenvalue weighted by molar-refractivity contribution is -0.123. The lowest BCUT2D eigenvalue weighted by atomic mass is 9.97. The third-order valence-corrected chi connectivity index (χ3v) is 4.32. The zero-order valence-electron chi connectivity index (χ0n) is 16.9. The molecule has 1 rings (SSSR count).